The normalized spacial score (nSPS) is 18.5. The van der Waals surface area contributed by atoms with Crippen molar-refractivity contribution in [3.8, 4) is 12.3 Å². The van der Waals surface area contributed by atoms with E-state index in [2.05, 4.69) is 20.9 Å². The first kappa shape index (κ1) is 11.2. The number of terminal acetylenes is 1. The average molecular weight is 219 g/mol. The Morgan fingerprint density at radius 3 is 2.62 bits per heavy atom. The molecule has 0 saturated carbocycles. The van der Waals surface area contributed by atoms with Gasteiger partial charge in [-0.15, -0.1) is 6.42 Å². The second kappa shape index (κ2) is 5.15. The summed E-state index contributed by atoms with van der Waals surface area (Å²) in [5.74, 6) is 3.56. The predicted octanol–water partition coefficient (Wildman–Crippen LogP) is 0.734. The molecule has 0 atom stereocenters. The van der Waals surface area contributed by atoms with Gasteiger partial charge in [0.2, 0.25) is 0 Å². The van der Waals surface area contributed by atoms with Crippen LogP contribution in [0, 0.1) is 19.3 Å². The zero-order valence-electron chi connectivity index (χ0n) is 9.65. The molecule has 0 spiro atoms. The first-order chi connectivity index (χ1) is 7.78. The van der Waals surface area contributed by atoms with E-state index in [0.717, 1.165) is 50.7 Å². The number of rotatable bonds is 3. The molecule has 0 aliphatic carbocycles. The summed E-state index contributed by atoms with van der Waals surface area (Å²) < 4.78 is 5.05. The molecule has 0 unspecified atom stereocenters. The molecule has 1 aromatic heterocycles. The Kier molecular flexibility index (Phi) is 3.60. The third kappa shape index (κ3) is 2.84. The molecule has 16 heavy (non-hydrogen) atoms. The van der Waals surface area contributed by atoms with Gasteiger partial charge in [0.25, 0.3) is 0 Å². The molecular weight excluding hydrogens is 202 g/mol. The second-order valence-corrected chi connectivity index (χ2v) is 4.19. The average Bonchev–Trinajstić information content (AvgIpc) is 2.67. The van der Waals surface area contributed by atoms with E-state index < -0.39 is 0 Å². The van der Waals surface area contributed by atoms with E-state index in [1.54, 1.807) is 0 Å². The highest BCUT2D eigenvalue weighted by molar-refractivity contribution is 5.03. The maximum absolute atomic E-state index is 5.29. The van der Waals surface area contributed by atoms with Gasteiger partial charge in [-0.05, 0) is 6.92 Å². The van der Waals surface area contributed by atoms with Gasteiger partial charge in [-0.2, -0.15) is 0 Å². The lowest BCUT2D eigenvalue weighted by Gasteiger charge is -2.33. The maximum atomic E-state index is 5.29. The van der Waals surface area contributed by atoms with Crippen LogP contribution in [-0.4, -0.2) is 47.7 Å². The lowest BCUT2D eigenvalue weighted by atomic mass is 10.3. The van der Waals surface area contributed by atoms with Gasteiger partial charge in [-0.1, -0.05) is 11.1 Å². The zero-order valence-corrected chi connectivity index (χ0v) is 9.65. The molecule has 4 heteroatoms. The van der Waals surface area contributed by atoms with Crippen molar-refractivity contribution < 1.29 is 4.52 Å². The van der Waals surface area contributed by atoms with Crippen LogP contribution in [0.3, 0.4) is 0 Å². The van der Waals surface area contributed by atoms with Gasteiger partial charge >= 0.3 is 0 Å². The van der Waals surface area contributed by atoms with Gasteiger partial charge in [0.05, 0.1) is 12.2 Å². The smallest absolute Gasteiger partial charge is 0.133 e. The highest BCUT2D eigenvalue weighted by Crippen LogP contribution is 2.08. The topological polar surface area (TPSA) is 32.5 Å². The minimum Gasteiger partial charge on any atom is -0.361 e. The van der Waals surface area contributed by atoms with Crippen LogP contribution in [0.15, 0.2) is 10.6 Å². The molecule has 1 saturated heterocycles. The van der Waals surface area contributed by atoms with Crippen molar-refractivity contribution in [1.82, 2.24) is 15.0 Å². The molecule has 4 nitrogen and oxygen atoms in total. The molecule has 1 aliphatic heterocycles. The standard InChI is InChI=1S/C12H17N3O/c1-3-4-14-5-7-15(8-6-14)10-12-9-11(2)16-13-12/h1,9H,4-8,10H2,2H3. The van der Waals surface area contributed by atoms with Crippen LogP contribution >= 0.6 is 0 Å². The number of aromatic nitrogens is 1. The molecule has 0 radical (unpaired) electrons. The van der Waals surface area contributed by atoms with E-state index in [4.69, 9.17) is 10.9 Å². The molecule has 0 N–H and O–H groups in total. The van der Waals surface area contributed by atoms with Crippen molar-refractivity contribution >= 4 is 0 Å². The Bertz CT molecular complexity index is 372. The fourth-order valence-electron chi connectivity index (χ4n) is 1.96. The van der Waals surface area contributed by atoms with Gasteiger partial charge < -0.3 is 4.52 Å². The Morgan fingerprint density at radius 1 is 1.38 bits per heavy atom. The van der Waals surface area contributed by atoms with Crippen LogP contribution in [0.5, 0.6) is 0 Å². The van der Waals surface area contributed by atoms with E-state index >= 15 is 0 Å². The first-order valence-electron chi connectivity index (χ1n) is 5.58. The molecular formula is C12H17N3O. The third-order valence-electron chi connectivity index (χ3n) is 2.84. The van der Waals surface area contributed by atoms with Gasteiger partial charge in [0.1, 0.15) is 5.76 Å². The van der Waals surface area contributed by atoms with Crippen LogP contribution < -0.4 is 0 Å². The summed E-state index contributed by atoms with van der Waals surface area (Å²) in [6, 6.07) is 1.99. The van der Waals surface area contributed by atoms with Crippen molar-refractivity contribution in [2.24, 2.45) is 0 Å². The van der Waals surface area contributed by atoms with Crippen molar-refractivity contribution in [1.29, 1.82) is 0 Å². The molecule has 0 bridgehead atoms. The van der Waals surface area contributed by atoms with E-state index in [0.29, 0.717) is 0 Å². The maximum Gasteiger partial charge on any atom is 0.133 e. The molecule has 0 amide bonds. The fraction of sp³-hybridized carbons (Fsp3) is 0.583. The van der Waals surface area contributed by atoms with Gasteiger partial charge in [0, 0.05) is 38.8 Å². The van der Waals surface area contributed by atoms with E-state index in [-0.39, 0.29) is 0 Å². The van der Waals surface area contributed by atoms with Crippen molar-refractivity contribution in [2.45, 2.75) is 13.5 Å². The van der Waals surface area contributed by atoms with E-state index in [9.17, 15) is 0 Å². The highest BCUT2D eigenvalue weighted by atomic mass is 16.5. The molecule has 1 aliphatic rings. The number of aryl methyl sites for hydroxylation is 1. The summed E-state index contributed by atoms with van der Waals surface area (Å²) in [4.78, 5) is 4.68. The Morgan fingerprint density at radius 2 is 2.06 bits per heavy atom. The summed E-state index contributed by atoms with van der Waals surface area (Å²) in [7, 11) is 0. The number of nitrogens with zero attached hydrogens (tertiary/aromatic N) is 3. The van der Waals surface area contributed by atoms with Crippen molar-refractivity contribution in [3.63, 3.8) is 0 Å². The molecule has 0 aromatic carbocycles. The van der Waals surface area contributed by atoms with E-state index in [1.807, 2.05) is 13.0 Å². The minimum atomic E-state index is 0.761. The predicted molar refractivity (Wildman–Crippen MR) is 61.8 cm³/mol. The lowest BCUT2D eigenvalue weighted by Crippen LogP contribution is -2.45. The lowest BCUT2D eigenvalue weighted by molar-refractivity contribution is 0.136. The van der Waals surface area contributed by atoms with Crippen molar-refractivity contribution in [3.05, 3.63) is 17.5 Å². The monoisotopic (exact) mass is 219 g/mol. The number of hydrogen-bond acceptors (Lipinski definition) is 4. The fourth-order valence-corrected chi connectivity index (χ4v) is 1.96. The quantitative estimate of drug-likeness (QED) is 0.702. The minimum absolute atomic E-state index is 0.761. The number of piperazine rings is 1. The van der Waals surface area contributed by atoms with E-state index in [1.165, 1.54) is 0 Å². The zero-order chi connectivity index (χ0) is 11.4. The van der Waals surface area contributed by atoms with Crippen LogP contribution in [0.2, 0.25) is 0 Å². The Hall–Kier alpha value is -1.31. The Labute approximate surface area is 96.2 Å². The summed E-state index contributed by atoms with van der Waals surface area (Å²) in [5, 5.41) is 4.00. The molecule has 2 heterocycles. The third-order valence-corrected chi connectivity index (χ3v) is 2.84. The second-order valence-electron chi connectivity index (χ2n) is 4.19. The summed E-state index contributed by atoms with van der Waals surface area (Å²) in [6.07, 6.45) is 5.29. The van der Waals surface area contributed by atoms with Crippen LogP contribution in [0.25, 0.3) is 0 Å². The van der Waals surface area contributed by atoms with Gasteiger partial charge in [0.15, 0.2) is 0 Å². The Balaban J connectivity index is 1.79. The molecule has 1 aromatic rings. The first-order valence-corrected chi connectivity index (χ1v) is 5.58. The largest absolute Gasteiger partial charge is 0.361 e. The van der Waals surface area contributed by atoms with Crippen molar-refractivity contribution in [2.75, 3.05) is 32.7 Å². The molecule has 1 fully saturated rings. The van der Waals surface area contributed by atoms with Gasteiger partial charge in [-0.3, -0.25) is 9.80 Å². The molecule has 2 rings (SSSR count). The summed E-state index contributed by atoms with van der Waals surface area (Å²) >= 11 is 0. The van der Waals surface area contributed by atoms with Crippen LogP contribution in [0.4, 0.5) is 0 Å². The summed E-state index contributed by atoms with van der Waals surface area (Å²) in [6.45, 7) is 7.74. The van der Waals surface area contributed by atoms with Crippen LogP contribution in [0.1, 0.15) is 11.5 Å². The summed E-state index contributed by atoms with van der Waals surface area (Å²) in [5.41, 5.74) is 1.02. The molecule has 86 valence electrons. The number of hydrogen-bond donors (Lipinski definition) is 0. The van der Waals surface area contributed by atoms with Crippen LogP contribution in [-0.2, 0) is 6.54 Å². The highest BCUT2D eigenvalue weighted by Gasteiger charge is 2.16. The SMILES string of the molecule is C#CCN1CCN(Cc2cc(C)on2)CC1. The van der Waals surface area contributed by atoms with Gasteiger partial charge in [-0.25, -0.2) is 0 Å².